The second kappa shape index (κ2) is 4.97. The lowest BCUT2D eigenvalue weighted by atomic mass is 10.1. The lowest BCUT2D eigenvalue weighted by Crippen LogP contribution is -2.43. The first-order valence-corrected chi connectivity index (χ1v) is 5.50. The van der Waals surface area contributed by atoms with Crippen LogP contribution in [0.25, 0.3) is 0 Å². The third-order valence-electron chi connectivity index (χ3n) is 2.87. The summed E-state index contributed by atoms with van der Waals surface area (Å²) >= 11 is 0. The molecule has 90 valence electrons. The molecule has 1 saturated heterocycles. The van der Waals surface area contributed by atoms with Gasteiger partial charge in [-0.1, -0.05) is 0 Å². The lowest BCUT2D eigenvalue weighted by Gasteiger charge is -2.29. The van der Waals surface area contributed by atoms with E-state index in [1.54, 1.807) is 12.1 Å². The van der Waals surface area contributed by atoms with Crippen LogP contribution in [0.15, 0.2) is 18.2 Å². The van der Waals surface area contributed by atoms with Crippen molar-refractivity contribution in [3.8, 4) is 0 Å². The molecule has 0 radical (unpaired) electrons. The number of carbonyl (C=O) groups excluding carboxylic acids is 1. The van der Waals surface area contributed by atoms with Crippen molar-refractivity contribution < 1.29 is 14.7 Å². The summed E-state index contributed by atoms with van der Waals surface area (Å²) in [6, 6.07) is 4.88. The largest absolute Gasteiger partial charge is 0.478 e. The van der Waals surface area contributed by atoms with Crippen LogP contribution in [0.4, 0.5) is 5.69 Å². The fourth-order valence-corrected chi connectivity index (χ4v) is 1.96. The van der Waals surface area contributed by atoms with Crippen LogP contribution in [0, 0.1) is 0 Å². The van der Waals surface area contributed by atoms with E-state index < -0.39 is 5.97 Å². The maximum Gasteiger partial charge on any atom is 0.336 e. The monoisotopic (exact) mass is 234 g/mol. The molecule has 0 amide bonds. The van der Waals surface area contributed by atoms with Gasteiger partial charge < -0.3 is 15.3 Å². The molecule has 2 rings (SSSR count). The smallest absolute Gasteiger partial charge is 0.336 e. The molecule has 0 bridgehead atoms. The molecule has 1 heterocycles. The first kappa shape index (κ1) is 11.6. The Balaban J connectivity index is 2.30. The first-order chi connectivity index (χ1) is 8.22. The molecular formula is C12H14N2O3. The number of anilines is 1. The third kappa shape index (κ3) is 2.45. The van der Waals surface area contributed by atoms with Gasteiger partial charge in [-0.05, 0) is 18.2 Å². The molecule has 0 atom stereocenters. The van der Waals surface area contributed by atoms with E-state index in [0.717, 1.165) is 31.9 Å². The van der Waals surface area contributed by atoms with Crippen LogP contribution in [0.2, 0.25) is 0 Å². The Kier molecular flexibility index (Phi) is 3.39. The van der Waals surface area contributed by atoms with Gasteiger partial charge in [0.25, 0.3) is 0 Å². The standard InChI is InChI=1S/C12H14N2O3/c15-8-9-7-10(1-2-11(9)12(16)17)14-5-3-13-4-6-14/h1-2,7-8,13H,3-6H2,(H,16,17). The highest BCUT2D eigenvalue weighted by Crippen LogP contribution is 2.19. The second-order valence-electron chi connectivity index (χ2n) is 3.93. The Morgan fingerprint density at radius 1 is 1.35 bits per heavy atom. The van der Waals surface area contributed by atoms with Crippen molar-refractivity contribution >= 4 is 17.9 Å². The Bertz CT molecular complexity index is 439. The van der Waals surface area contributed by atoms with E-state index in [4.69, 9.17) is 5.11 Å². The van der Waals surface area contributed by atoms with Gasteiger partial charge >= 0.3 is 5.97 Å². The zero-order chi connectivity index (χ0) is 12.3. The molecule has 0 saturated carbocycles. The van der Waals surface area contributed by atoms with Crippen LogP contribution < -0.4 is 10.2 Å². The Morgan fingerprint density at radius 2 is 2.06 bits per heavy atom. The lowest BCUT2D eigenvalue weighted by molar-refractivity contribution is 0.0694. The minimum atomic E-state index is -1.07. The molecule has 0 unspecified atom stereocenters. The minimum absolute atomic E-state index is 0.0545. The van der Waals surface area contributed by atoms with Crippen LogP contribution in [0.1, 0.15) is 20.7 Å². The van der Waals surface area contributed by atoms with Gasteiger partial charge in [0.1, 0.15) is 0 Å². The Morgan fingerprint density at radius 3 is 2.65 bits per heavy atom. The summed E-state index contributed by atoms with van der Waals surface area (Å²) in [5.74, 6) is -1.07. The van der Waals surface area contributed by atoms with Crippen molar-refractivity contribution in [2.45, 2.75) is 0 Å². The maximum atomic E-state index is 10.9. The van der Waals surface area contributed by atoms with Gasteiger partial charge in [0.15, 0.2) is 6.29 Å². The quantitative estimate of drug-likeness (QED) is 0.750. The van der Waals surface area contributed by atoms with Crippen LogP contribution in [0.3, 0.4) is 0 Å². The molecule has 1 fully saturated rings. The molecule has 5 heteroatoms. The first-order valence-electron chi connectivity index (χ1n) is 5.50. The number of nitrogens with one attached hydrogen (secondary N) is 1. The average Bonchev–Trinajstić information content (AvgIpc) is 2.39. The third-order valence-corrected chi connectivity index (χ3v) is 2.87. The summed E-state index contributed by atoms with van der Waals surface area (Å²) in [5.41, 5.74) is 1.19. The summed E-state index contributed by atoms with van der Waals surface area (Å²) < 4.78 is 0. The number of carboxylic acid groups (broad SMARTS) is 1. The number of aldehydes is 1. The zero-order valence-corrected chi connectivity index (χ0v) is 9.35. The molecular weight excluding hydrogens is 220 g/mol. The van der Waals surface area contributed by atoms with Crippen molar-refractivity contribution in [2.24, 2.45) is 0 Å². The summed E-state index contributed by atoms with van der Waals surface area (Å²) in [5, 5.41) is 12.2. The fraction of sp³-hybridized carbons (Fsp3) is 0.333. The van der Waals surface area contributed by atoms with E-state index in [9.17, 15) is 9.59 Å². The second-order valence-corrected chi connectivity index (χ2v) is 3.93. The van der Waals surface area contributed by atoms with Gasteiger partial charge in [0.2, 0.25) is 0 Å². The number of rotatable bonds is 3. The van der Waals surface area contributed by atoms with Crippen LogP contribution in [-0.2, 0) is 0 Å². The summed E-state index contributed by atoms with van der Waals surface area (Å²) in [6.45, 7) is 3.53. The molecule has 17 heavy (non-hydrogen) atoms. The topological polar surface area (TPSA) is 69.6 Å². The number of nitrogens with zero attached hydrogens (tertiary/aromatic N) is 1. The maximum absolute atomic E-state index is 10.9. The van der Waals surface area contributed by atoms with E-state index >= 15 is 0 Å². The molecule has 2 N–H and O–H groups in total. The van der Waals surface area contributed by atoms with Crippen LogP contribution in [0.5, 0.6) is 0 Å². The van der Waals surface area contributed by atoms with Crippen molar-refractivity contribution in [3.63, 3.8) is 0 Å². The van der Waals surface area contributed by atoms with E-state index in [1.807, 2.05) is 0 Å². The predicted octanol–water partition coefficient (Wildman–Crippen LogP) is 0.607. The number of aromatic carboxylic acids is 1. The van der Waals surface area contributed by atoms with Gasteiger partial charge in [-0.25, -0.2) is 4.79 Å². The number of benzene rings is 1. The Labute approximate surface area is 99.0 Å². The van der Waals surface area contributed by atoms with Crippen molar-refractivity contribution in [3.05, 3.63) is 29.3 Å². The number of carbonyl (C=O) groups is 2. The molecule has 0 aromatic heterocycles. The minimum Gasteiger partial charge on any atom is -0.478 e. The van der Waals surface area contributed by atoms with Gasteiger partial charge in [-0.15, -0.1) is 0 Å². The molecule has 5 nitrogen and oxygen atoms in total. The molecule has 0 spiro atoms. The highest BCUT2D eigenvalue weighted by atomic mass is 16.4. The van der Waals surface area contributed by atoms with Crippen molar-refractivity contribution in [2.75, 3.05) is 31.1 Å². The zero-order valence-electron chi connectivity index (χ0n) is 9.35. The van der Waals surface area contributed by atoms with Crippen LogP contribution >= 0.6 is 0 Å². The molecule has 1 aromatic rings. The summed E-state index contributed by atoms with van der Waals surface area (Å²) in [6.07, 6.45) is 0.592. The average molecular weight is 234 g/mol. The van der Waals surface area contributed by atoms with E-state index in [2.05, 4.69) is 10.2 Å². The van der Waals surface area contributed by atoms with Gasteiger partial charge in [0, 0.05) is 37.4 Å². The normalized spacial score (nSPS) is 15.6. The van der Waals surface area contributed by atoms with Crippen LogP contribution in [-0.4, -0.2) is 43.5 Å². The number of carboxylic acids is 1. The Hall–Kier alpha value is -1.88. The molecule has 1 aliphatic heterocycles. The number of hydrogen-bond acceptors (Lipinski definition) is 4. The fourth-order valence-electron chi connectivity index (χ4n) is 1.96. The van der Waals surface area contributed by atoms with Gasteiger partial charge in [-0.2, -0.15) is 0 Å². The number of hydrogen-bond donors (Lipinski definition) is 2. The van der Waals surface area contributed by atoms with Gasteiger partial charge in [0.05, 0.1) is 5.56 Å². The SMILES string of the molecule is O=Cc1cc(N2CCNCC2)ccc1C(=O)O. The molecule has 1 aromatic carbocycles. The van der Waals surface area contributed by atoms with E-state index in [0.29, 0.717) is 6.29 Å². The highest BCUT2D eigenvalue weighted by molar-refractivity contribution is 5.98. The summed E-state index contributed by atoms with van der Waals surface area (Å²) in [7, 11) is 0. The van der Waals surface area contributed by atoms with Crippen molar-refractivity contribution in [1.29, 1.82) is 0 Å². The summed E-state index contributed by atoms with van der Waals surface area (Å²) in [4.78, 5) is 23.9. The number of piperazine rings is 1. The van der Waals surface area contributed by atoms with E-state index in [1.165, 1.54) is 6.07 Å². The molecule has 0 aliphatic carbocycles. The highest BCUT2D eigenvalue weighted by Gasteiger charge is 2.14. The van der Waals surface area contributed by atoms with Crippen molar-refractivity contribution in [1.82, 2.24) is 5.32 Å². The predicted molar refractivity (Wildman–Crippen MR) is 63.9 cm³/mol. The van der Waals surface area contributed by atoms with E-state index in [-0.39, 0.29) is 11.1 Å². The molecule has 1 aliphatic rings. The van der Waals surface area contributed by atoms with Gasteiger partial charge in [-0.3, -0.25) is 4.79 Å².